The van der Waals surface area contributed by atoms with Crippen molar-refractivity contribution in [3.63, 3.8) is 0 Å². The van der Waals surface area contributed by atoms with E-state index in [1.54, 1.807) is 23.1 Å². The molecule has 0 radical (unpaired) electrons. The first-order valence-corrected chi connectivity index (χ1v) is 7.68. The topological polar surface area (TPSA) is 32.3 Å². The van der Waals surface area contributed by atoms with Crippen LogP contribution in [0.25, 0.3) is 0 Å². The Morgan fingerprint density at radius 3 is 2.65 bits per heavy atom. The molecule has 0 unspecified atom stereocenters. The largest absolute Gasteiger partial charge is 0.334 e. The highest BCUT2D eigenvalue weighted by Crippen LogP contribution is 2.32. The molecule has 1 fully saturated rings. The van der Waals surface area contributed by atoms with Crippen LogP contribution in [0.2, 0.25) is 0 Å². The maximum atomic E-state index is 13.4. The van der Waals surface area contributed by atoms with Gasteiger partial charge in [0.1, 0.15) is 11.6 Å². The van der Waals surface area contributed by atoms with E-state index in [1.165, 1.54) is 24.3 Å². The summed E-state index contributed by atoms with van der Waals surface area (Å²) in [5.74, 6) is -0.591. The first kappa shape index (κ1) is 15.5. The van der Waals surface area contributed by atoms with Crippen molar-refractivity contribution in [1.82, 2.24) is 10.2 Å². The Balaban J connectivity index is 1.65. The molecule has 1 N–H and O–H groups in total. The zero-order chi connectivity index (χ0) is 16.2. The van der Waals surface area contributed by atoms with Crippen LogP contribution in [0, 0.1) is 11.6 Å². The summed E-state index contributed by atoms with van der Waals surface area (Å²) in [5.41, 5.74) is 1.65. The number of benzene rings is 2. The monoisotopic (exact) mass is 316 g/mol. The molecule has 2 amide bonds. The minimum Gasteiger partial charge on any atom is -0.334 e. The number of hydrogen-bond donors (Lipinski definition) is 1. The quantitative estimate of drug-likeness (QED) is 0.911. The van der Waals surface area contributed by atoms with Crippen LogP contribution in [0.4, 0.5) is 13.6 Å². The second kappa shape index (κ2) is 6.77. The lowest BCUT2D eigenvalue weighted by Gasteiger charge is -2.25. The minimum atomic E-state index is -0.300. The molecular formula is C18H18F2N2O. The van der Waals surface area contributed by atoms with E-state index in [9.17, 15) is 13.6 Å². The standard InChI is InChI=1S/C18H18F2N2O/c19-15-8-6-13(7-9-15)12-21-18(23)22-10-2-5-17(22)14-3-1-4-16(20)11-14/h1,3-4,6-9,11,17H,2,5,10,12H2,(H,21,23)/t17-/m0/s1. The lowest BCUT2D eigenvalue weighted by atomic mass is 10.0. The van der Waals surface area contributed by atoms with Gasteiger partial charge in [0.05, 0.1) is 6.04 Å². The summed E-state index contributed by atoms with van der Waals surface area (Å²) in [6, 6.07) is 12.1. The van der Waals surface area contributed by atoms with Gasteiger partial charge in [-0.1, -0.05) is 24.3 Å². The van der Waals surface area contributed by atoms with E-state index in [1.807, 2.05) is 6.07 Å². The molecule has 0 aliphatic carbocycles. The number of nitrogens with zero attached hydrogens (tertiary/aromatic N) is 1. The van der Waals surface area contributed by atoms with E-state index in [4.69, 9.17) is 0 Å². The maximum absolute atomic E-state index is 13.4. The van der Waals surface area contributed by atoms with Crippen molar-refractivity contribution < 1.29 is 13.6 Å². The van der Waals surface area contributed by atoms with E-state index in [2.05, 4.69) is 5.32 Å². The van der Waals surface area contributed by atoms with Crippen LogP contribution in [-0.2, 0) is 6.54 Å². The molecule has 0 bridgehead atoms. The average Bonchev–Trinajstić information content (AvgIpc) is 3.04. The SMILES string of the molecule is O=C(NCc1ccc(F)cc1)N1CCC[C@H]1c1cccc(F)c1. The van der Waals surface area contributed by atoms with Crippen molar-refractivity contribution in [2.45, 2.75) is 25.4 Å². The maximum Gasteiger partial charge on any atom is 0.318 e. The van der Waals surface area contributed by atoms with Gasteiger partial charge in [-0.3, -0.25) is 0 Å². The number of halogens is 2. The zero-order valence-corrected chi connectivity index (χ0v) is 12.6. The fraction of sp³-hybridized carbons (Fsp3) is 0.278. The third kappa shape index (κ3) is 3.67. The molecule has 1 saturated heterocycles. The van der Waals surface area contributed by atoms with Crippen molar-refractivity contribution in [3.8, 4) is 0 Å². The number of carbonyl (C=O) groups is 1. The van der Waals surface area contributed by atoms with Gasteiger partial charge >= 0.3 is 6.03 Å². The Hall–Kier alpha value is -2.43. The Kier molecular flexibility index (Phi) is 4.55. The van der Waals surface area contributed by atoms with Crippen LogP contribution in [-0.4, -0.2) is 17.5 Å². The predicted molar refractivity (Wildman–Crippen MR) is 83.7 cm³/mol. The third-order valence-electron chi connectivity index (χ3n) is 4.10. The van der Waals surface area contributed by atoms with Crippen molar-refractivity contribution in [1.29, 1.82) is 0 Å². The van der Waals surface area contributed by atoms with E-state index >= 15 is 0 Å². The summed E-state index contributed by atoms with van der Waals surface area (Å²) in [5, 5.41) is 2.85. The van der Waals surface area contributed by atoms with Crippen LogP contribution in [0.3, 0.4) is 0 Å². The van der Waals surface area contributed by atoms with Crippen LogP contribution >= 0.6 is 0 Å². The number of rotatable bonds is 3. The van der Waals surface area contributed by atoms with Gasteiger partial charge in [-0.2, -0.15) is 0 Å². The predicted octanol–water partition coefficient (Wildman–Crippen LogP) is 4.01. The fourth-order valence-corrected chi connectivity index (χ4v) is 2.95. The molecule has 0 spiro atoms. The molecule has 5 heteroatoms. The number of hydrogen-bond acceptors (Lipinski definition) is 1. The summed E-state index contributed by atoms with van der Waals surface area (Å²) in [6.07, 6.45) is 1.72. The number of amides is 2. The highest BCUT2D eigenvalue weighted by molar-refractivity contribution is 5.75. The normalized spacial score (nSPS) is 17.3. The summed E-state index contributed by atoms with van der Waals surface area (Å²) in [7, 11) is 0. The van der Waals surface area contributed by atoms with E-state index in [0.29, 0.717) is 13.1 Å². The van der Waals surface area contributed by atoms with Crippen LogP contribution in [0.15, 0.2) is 48.5 Å². The molecule has 23 heavy (non-hydrogen) atoms. The second-order valence-electron chi connectivity index (χ2n) is 5.69. The van der Waals surface area contributed by atoms with Gasteiger partial charge in [0, 0.05) is 13.1 Å². The van der Waals surface area contributed by atoms with Crippen molar-refractivity contribution in [2.24, 2.45) is 0 Å². The molecule has 3 nitrogen and oxygen atoms in total. The molecule has 2 aromatic rings. The van der Waals surface area contributed by atoms with Gasteiger partial charge in [0.2, 0.25) is 0 Å². The van der Waals surface area contributed by atoms with Crippen molar-refractivity contribution in [2.75, 3.05) is 6.54 Å². The first-order valence-electron chi connectivity index (χ1n) is 7.68. The highest BCUT2D eigenvalue weighted by atomic mass is 19.1. The van der Waals surface area contributed by atoms with Gasteiger partial charge in [0.25, 0.3) is 0 Å². The zero-order valence-electron chi connectivity index (χ0n) is 12.6. The number of carbonyl (C=O) groups excluding carboxylic acids is 1. The van der Waals surface area contributed by atoms with Gasteiger partial charge in [-0.25, -0.2) is 13.6 Å². The molecule has 120 valence electrons. The van der Waals surface area contributed by atoms with Crippen LogP contribution in [0.1, 0.15) is 30.0 Å². The average molecular weight is 316 g/mol. The molecule has 1 aliphatic rings. The molecule has 0 saturated carbocycles. The Labute approximate surface area is 133 Å². The molecule has 1 aliphatic heterocycles. The Morgan fingerprint density at radius 2 is 1.91 bits per heavy atom. The Bertz CT molecular complexity index is 688. The number of nitrogens with one attached hydrogen (secondary N) is 1. The van der Waals surface area contributed by atoms with E-state index < -0.39 is 0 Å². The first-order chi connectivity index (χ1) is 11.1. The van der Waals surface area contributed by atoms with E-state index in [0.717, 1.165) is 24.0 Å². The van der Waals surface area contributed by atoms with Gasteiger partial charge < -0.3 is 10.2 Å². The molecule has 1 heterocycles. The lowest BCUT2D eigenvalue weighted by molar-refractivity contribution is 0.192. The summed E-state index contributed by atoms with van der Waals surface area (Å²) in [4.78, 5) is 14.1. The minimum absolute atomic E-state index is 0.0982. The number of urea groups is 1. The lowest BCUT2D eigenvalue weighted by Crippen LogP contribution is -2.39. The van der Waals surface area contributed by atoms with Gasteiger partial charge in [0.15, 0.2) is 0 Å². The van der Waals surface area contributed by atoms with Crippen molar-refractivity contribution >= 4 is 6.03 Å². The second-order valence-corrected chi connectivity index (χ2v) is 5.69. The summed E-state index contributed by atoms with van der Waals surface area (Å²) in [6.45, 7) is 0.988. The van der Waals surface area contributed by atoms with Crippen LogP contribution < -0.4 is 5.32 Å². The molecule has 0 aromatic heterocycles. The van der Waals surface area contributed by atoms with Gasteiger partial charge in [-0.05, 0) is 48.2 Å². The van der Waals surface area contributed by atoms with Crippen LogP contribution in [0.5, 0.6) is 0 Å². The van der Waals surface area contributed by atoms with E-state index in [-0.39, 0.29) is 23.7 Å². The van der Waals surface area contributed by atoms with Gasteiger partial charge in [-0.15, -0.1) is 0 Å². The Morgan fingerprint density at radius 1 is 1.13 bits per heavy atom. The molecule has 1 atom stereocenters. The smallest absolute Gasteiger partial charge is 0.318 e. The summed E-state index contributed by atoms with van der Waals surface area (Å²) < 4.78 is 26.3. The molecule has 3 rings (SSSR count). The molecular weight excluding hydrogens is 298 g/mol. The van der Waals surface area contributed by atoms with Crippen molar-refractivity contribution in [3.05, 3.63) is 71.3 Å². The number of likely N-dealkylation sites (tertiary alicyclic amines) is 1. The fourth-order valence-electron chi connectivity index (χ4n) is 2.95. The third-order valence-corrected chi connectivity index (χ3v) is 4.10. The summed E-state index contributed by atoms with van der Waals surface area (Å²) >= 11 is 0. The highest BCUT2D eigenvalue weighted by Gasteiger charge is 2.29. The molecule has 2 aromatic carbocycles.